The lowest BCUT2D eigenvalue weighted by Crippen LogP contribution is -2.58. The van der Waals surface area contributed by atoms with E-state index in [1.165, 1.54) is 24.3 Å². The van der Waals surface area contributed by atoms with Crippen molar-refractivity contribution in [2.24, 2.45) is 17.4 Å². The van der Waals surface area contributed by atoms with Crippen molar-refractivity contribution < 1.29 is 13.2 Å². The highest BCUT2D eigenvalue weighted by atomic mass is 35.5. The van der Waals surface area contributed by atoms with Crippen molar-refractivity contribution in [1.82, 2.24) is 4.72 Å². The van der Waals surface area contributed by atoms with Crippen LogP contribution in [0, 0.1) is 5.92 Å². The third-order valence-electron chi connectivity index (χ3n) is 4.60. The second-order valence-corrected chi connectivity index (χ2v) is 7.68. The zero-order valence-electron chi connectivity index (χ0n) is 13.1. The van der Waals surface area contributed by atoms with Crippen molar-refractivity contribution in [2.45, 2.75) is 43.0 Å². The van der Waals surface area contributed by atoms with Crippen LogP contribution in [0.3, 0.4) is 0 Å². The van der Waals surface area contributed by atoms with Gasteiger partial charge in [-0.05, 0) is 43.0 Å². The molecular formula is C15H24ClN3O3S. The van der Waals surface area contributed by atoms with Crippen LogP contribution < -0.4 is 16.2 Å². The number of hydrogen-bond donors (Lipinski definition) is 3. The highest BCUT2D eigenvalue weighted by Gasteiger charge is 2.40. The van der Waals surface area contributed by atoms with Gasteiger partial charge in [0.2, 0.25) is 15.9 Å². The molecule has 2 unspecified atom stereocenters. The number of amides is 1. The molecular weight excluding hydrogens is 338 g/mol. The van der Waals surface area contributed by atoms with Gasteiger partial charge in [-0.25, -0.2) is 13.1 Å². The zero-order valence-corrected chi connectivity index (χ0v) is 14.8. The summed E-state index contributed by atoms with van der Waals surface area (Å²) in [5, 5.41) is 0. The number of hydrogen-bond acceptors (Lipinski definition) is 4. The minimum atomic E-state index is -3.69. The molecule has 0 heterocycles. The SMILES string of the molecule is CC1CCCCC1(CN)NS(=O)(=O)c1ccc(C(N)=O)cc1.Cl. The third kappa shape index (κ3) is 4.23. The Hall–Kier alpha value is -1.15. The Kier molecular flexibility index (Phi) is 6.59. The molecule has 8 heteroatoms. The van der Waals surface area contributed by atoms with Crippen LogP contribution in [-0.4, -0.2) is 26.4 Å². The van der Waals surface area contributed by atoms with Crippen molar-refractivity contribution in [3.05, 3.63) is 29.8 Å². The molecule has 0 radical (unpaired) electrons. The number of halogens is 1. The molecule has 1 aliphatic carbocycles. The number of carbonyl (C=O) groups excluding carboxylic acids is 1. The van der Waals surface area contributed by atoms with Crippen LogP contribution in [0.15, 0.2) is 29.2 Å². The second kappa shape index (κ2) is 7.61. The van der Waals surface area contributed by atoms with Gasteiger partial charge in [0.15, 0.2) is 0 Å². The van der Waals surface area contributed by atoms with E-state index in [9.17, 15) is 13.2 Å². The second-order valence-electron chi connectivity index (χ2n) is 6.00. The van der Waals surface area contributed by atoms with Crippen LogP contribution in [-0.2, 0) is 10.0 Å². The average Bonchev–Trinajstić information content (AvgIpc) is 2.49. The molecule has 1 amide bonds. The van der Waals surface area contributed by atoms with Gasteiger partial charge in [0, 0.05) is 17.6 Å². The number of sulfonamides is 1. The molecule has 0 spiro atoms. The van der Waals surface area contributed by atoms with Crippen LogP contribution in [0.2, 0.25) is 0 Å². The van der Waals surface area contributed by atoms with E-state index in [-0.39, 0.29) is 35.3 Å². The summed E-state index contributed by atoms with van der Waals surface area (Å²) in [7, 11) is -3.69. The monoisotopic (exact) mass is 361 g/mol. The fourth-order valence-corrected chi connectivity index (χ4v) is 4.57. The molecule has 6 nitrogen and oxygen atoms in total. The van der Waals surface area contributed by atoms with Crippen molar-refractivity contribution >= 4 is 28.3 Å². The number of nitrogens with one attached hydrogen (secondary N) is 1. The molecule has 23 heavy (non-hydrogen) atoms. The number of rotatable bonds is 5. The number of primary amides is 1. The molecule has 2 rings (SSSR count). The molecule has 5 N–H and O–H groups in total. The molecule has 1 aromatic rings. The molecule has 1 aliphatic rings. The van der Waals surface area contributed by atoms with E-state index in [0.29, 0.717) is 0 Å². The molecule has 0 aromatic heterocycles. The molecule has 1 fully saturated rings. The highest BCUT2D eigenvalue weighted by Crippen LogP contribution is 2.34. The molecule has 0 saturated heterocycles. The maximum Gasteiger partial charge on any atom is 0.248 e. The zero-order chi connectivity index (χ0) is 16.4. The maximum absolute atomic E-state index is 12.6. The van der Waals surface area contributed by atoms with Crippen LogP contribution in [0.5, 0.6) is 0 Å². The largest absolute Gasteiger partial charge is 0.366 e. The normalized spacial score (nSPS) is 24.7. The van der Waals surface area contributed by atoms with Gasteiger partial charge >= 0.3 is 0 Å². The molecule has 0 aliphatic heterocycles. The standard InChI is InChI=1S/C15H23N3O3S.ClH/c1-11-4-2-3-9-15(11,10-16)18-22(20,21)13-7-5-12(6-8-13)14(17)19;/h5-8,11,18H,2-4,9-10,16H2,1H3,(H2,17,19);1H. The maximum atomic E-state index is 12.6. The van der Waals surface area contributed by atoms with Gasteiger partial charge in [0.1, 0.15) is 0 Å². The van der Waals surface area contributed by atoms with Gasteiger partial charge < -0.3 is 11.5 Å². The van der Waals surface area contributed by atoms with E-state index in [1.807, 2.05) is 6.92 Å². The van der Waals surface area contributed by atoms with Gasteiger partial charge in [0.05, 0.1) is 4.90 Å². The fourth-order valence-electron chi connectivity index (χ4n) is 3.04. The number of nitrogens with two attached hydrogens (primary N) is 2. The predicted octanol–water partition coefficient (Wildman–Crippen LogP) is 1.39. The first-order valence-corrected chi connectivity index (χ1v) is 8.93. The Morgan fingerprint density at radius 2 is 1.91 bits per heavy atom. The van der Waals surface area contributed by atoms with Gasteiger partial charge in [0.25, 0.3) is 0 Å². The van der Waals surface area contributed by atoms with E-state index >= 15 is 0 Å². The molecule has 1 saturated carbocycles. The van der Waals surface area contributed by atoms with E-state index in [2.05, 4.69) is 4.72 Å². The number of benzene rings is 1. The Morgan fingerprint density at radius 3 is 2.39 bits per heavy atom. The smallest absolute Gasteiger partial charge is 0.248 e. The van der Waals surface area contributed by atoms with Crippen LogP contribution >= 0.6 is 12.4 Å². The van der Waals surface area contributed by atoms with Crippen LogP contribution in [0.25, 0.3) is 0 Å². The quantitative estimate of drug-likeness (QED) is 0.734. The van der Waals surface area contributed by atoms with Crippen LogP contribution in [0.4, 0.5) is 0 Å². The average molecular weight is 362 g/mol. The minimum absolute atomic E-state index is 0. The summed E-state index contributed by atoms with van der Waals surface area (Å²) < 4.78 is 28.0. The first-order chi connectivity index (χ1) is 10.3. The summed E-state index contributed by atoms with van der Waals surface area (Å²) in [6.45, 7) is 2.30. The predicted molar refractivity (Wildman–Crippen MR) is 91.9 cm³/mol. The molecule has 2 atom stereocenters. The number of carbonyl (C=O) groups is 1. The first kappa shape index (κ1) is 19.9. The lowest BCUT2D eigenvalue weighted by molar-refractivity contribution is 0.1000. The van der Waals surface area contributed by atoms with E-state index in [1.54, 1.807) is 0 Å². The summed E-state index contributed by atoms with van der Waals surface area (Å²) in [4.78, 5) is 11.2. The van der Waals surface area contributed by atoms with Gasteiger partial charge in [-0.3, -0.25) is 4.79 Å². The highest BCUT2D eigenvalue weighted by molar-refractivity contribution is 7.89. The summed E-state index contributed by atoms with van der Waals surface area (Å²) in [5.74, 6) is -0.401. The molecule has 0 bridgehead atoms. The van der Waals surface area contributed by atoms with Gasteiger partial charge in [-0.1, -0.05) is 19.8 Å². The van der Waals surface area contributed by atoms with Gasteiger partial charge in [-0.2, -0.15) is 0 Å². The molecule has 1 aromatic carbocycles. The third-order valence-corrected chi connectivity index (χ3v) is 6.17. The Labute approximate surface area is 143 Å². The minimum Gasteiger partial charge on any atom is -0.366 e. The summed E-state index contributed by atoms with van der Waals surface area (Å²) >= 11 is 0. The summed E-state index contributed by atoms with van der Waals surface area (Å²) in [6, 6.07) is 5.60. The fraction of sp³-hybridized carbons (Fsp3) is 0.533. The summed E-state index contributed by atoms with van der Waals surface area (Å²) in [5.41, 5.74) is 10.7. The van der Waals surface area contributed by atoms with Crippen molar-refractivity contribution in [3.63, 3.8) is 0 Å². The van der Waals surface area contributed by atoms with E-state index in [4.69, 9.17) is 11.5 Å². The van der Waals surface area contributed by atoms with Gasteiger partial charge in [-0.15, -0.1) is 12.4 Å². The first-order valence-electron chi connectivity index (χ1n) is 7.45. The Bertz CT molecular complexity index is 648. The lowest BCUT2D eigenvalue weighted by atomic mass is 9.74. The lowest BCUT2D eigenvalue weighted by Gasteiger charge is -2.42. The van der Waals surface area contributed by atoms with Crippen molar-refractivity contribution in [2.75, 3.05) is 6.54 Å². The summed E-state index contributed by atoms with van der Waals surface area (Å²) in [6.07, 6.45) is 3.76. The van der Waals surface area contributed by atoms with Crippen LogP contribution in [0.1, 0.15) is 43.0 Å². The Morgan fingerprint density at radius 1 is 1.30 bits per heavy atom. The van der Waals surface area contributed by atoms with E-state index < -0.39 is 21.5 Å². The molecule has 130 valence electrons. The Balaban J connectivity index is 0.00000264. The topological polar surface area (TPSA) is 115 Å². The van der Waals surface area contributed by atoms with Crippen molar-refractivity contribution in [1.29, 1.82) is 0 Å². The van der Waals surface area contributed by atoms with E-state index in [0.717, 1.165) is 25.7 Å². The van der Waals surface area contributed by atoms with Crippen molar-refractivity contribution in [3.8, 4) is 0 Å².